The van der Waals surface area contributed by atoms with Gasteiger partial charge in [0.25, 0.3) is 0 Å². The molecule has 1 unspecified atom stereocenters. The predicted octanol–water partition coefficient (Wildman–Crippen LogP) is 1.02. The van der Waals surface area contributed by atoms with Gasteiger partial charge in [0.15, 0.2) is 0 Å². The summed E-state index contributed by atoms with van der Waals surface area (Å²) < 4.78 is 0. The lowest BCUT2D eigenvalue weighted by Gasteiger charge is -2.31. The van der Waals surface area contributed by atoms with Crippen LogP contribution in [0.5, 0.6) is 0 Å². The Morgan fingerprint density at radius 2 is 1.04 bits per heavy atom. The van der Waals surface area contributed by atoms with E-state index in [0.29, 0.717) is 53.9 Å². The number of amides is 17. The first kappa shape index (κ1) is 90.4. The van der Waals surface area contributed by atoms with Crippen molar-refractivity contribution in [1.82, 2.24) is 73.7 Å². The van der Waals surface area contributed by atoms with Crippen LogP contribution in [0.3, 0.4) is 0 Å². The third-order valence-electron chi connectivity index (χ3n) is 19.7. The number of nitrogens with two attached hydrogens (primary N) is 2. The Kier molecular flexibility index (Phi) is 34.0. The van der Waals surface area contributed by atoms with Crippen molar-refractivity contribution in [2.24, 2.45) is 17.4 Å². The first-order valence-corrected chi connectivity index (χ1v) is 39.3. The molecule has 626 valence electrons. The van der Waals surface area contributed by atoms with E-state index >= 15 is 14.4 Å². The molecule has 0 saturated carbocycles. The van der Waals surface area contributed by atoms with Crippen LogP contribution in [0.25, 0.3) is 0 Å². The van der Waals surface area contributed by atoms with E-state index in [1.807, 2.05) is 38.1 Å². The maximum absolute atomic E-state index is 15.5. The number of imide groups is 1. The van der Waals surface area contributed by atoms with E-state index in [1.54, 1.807) is 50.2 Å². The Hall–Kier alpha value is -12.2. The van der Waals surface area contributed by atoms with Crippen molar-refractivity contribution in [3.8, 4) is 0 Å². The van der Waals surface area contributed by atoms with Crippen molar-refractivity contribution < 1.29 is 77.0 Å². The zero-order valence-electron chi connectivity index (χ0n) is 66.1. The molecule has 0 spiro atoms. The Morgan fingerprint density at radius 3 is 1.56 bits per heavy atom. The maximum Gasteiger partial charge on any atom is 0.322 e. The summed E-state index contributed by atoms with van der Waals surface area (Å²) in [5.74, 6) is -10.9. The van der Waals surface area contributed by atoms with Crippen LogP contribution in [0.4, 0.5) is 21.0 Å². The minimum Gasteiger partial charge on any atom is -0.394 e. The monoisotopic (exact) mass is 1630 g/mol. The van der Waals surface area contributed by atoms with Crippen molar-refractivity contribution >= 4 is 112 Å². The maximum atomic E-state index is 15.5. The first-order chi connectivity index (χ1) is 55.8. The summed E-state index contributed by atoms with van der Waals surface area (Å²) in [6, 6.07) is 10.1. The Balaban J connectivity index is 1.09. The van der Waals surface area contributed by atoms with E-state index < -0.39 is 168 Å². The van der Waals surface area contributed by atoms with E-state index in [-0.39, 0.29) is 86.8 Å². The number of aliphatic hydroxyl groups excluding tert-OH is 1. The van der Waals surface area contributed by atoms with E-state index in [4.69, 9.17) is 23.1 Å². The number of primary amides is 2. The van der Waals surface area contributed by atoms with Gasteiger partial charge in [0.1, 0.15) is 66.5 Å². The van der Waals surface area contributed by atoms with Crippen molar-refractivity contribution in [2.75, 3.05) is 30.3 Å². The number of unbranched alkanes of at least 4 members (excludes halogenated alkanes) is 1. The summed E-state index contributed by atoms with van der Waals surface area (Å²) in [6.45, 7) is 9.77. The molecule has 4 aromatic carbocycles. The number of halogens is 1. The van der Waals surface area contributed by atoms with Crippen LogP contribution in [0.15, 0.2) is 128 Å². The normalized spacial score (nSPS) is 16.5. The summed E-state index contributed by atoms with van der Waals surface area (Å²) >= 11 is 6.27. The van der Waals surface area contributed by atoms with Gasteiger partial charge in [-0.05, 0) is 152 Å². The molecule has 2 aliphatic heterocycles. The second-order valence-corrected chi connectivity index (χ2v) is 30.5. The smallest absolute Gasteiger partial charge is 0.322 e. The van der Waals surface area contributed by atoms with E-state index in [1.165, 1.54) is 79.7 Å². The van der Waals surface area contributed by atoms with Crippen LogP contribution in [-0.2, 0) is 107 Å². The molecule has 35 heteroatoms. The Labute approximate surface area is 682 Å². The summed E-state index contributed by atoms with van der Waals surface area (Å²) in [6.07, 6.45) is 8.61. The molecule has 0 radical (unpaired) electrons. The number of likely N-dealkylation sites (tertiary alicyclic amines) is 1. The number of rotatable bonds is 41. The fourth-order valence-electron chi connectivity index (χ4n) is 13.6. The summed E-state index contributed by atoms with van der Waals surface area (Å²) in [5.41, 5.74) is 15.8. The molecule has 2 saturated heterocycles. The topological polar surface area (TPSA) is 513 Å². The van der Waals surface area contributed by atoms with Gasteiger partial charge < -0.3 is 90.6 Å². The second-order valence-electron chi connectivity index (χ2n) is 30.1. The Morgan fingerprint density at radius 1 is 0.556 bits per heavy atom. The number of anilines is 2. The minimum atomic E-state index is -1.92. The van der Waals surface area contributed by atoms with Gasteiger partial charge in [0.05, 0.1) is 13.0 Å². The molecule has 3 aliphatic rings. The molecule has 3 heterocycles. The van der Waals surface area contributed by atoms with Gasteiger partial charge >= 0.3 is 12.1 Å². The van der Waals surface area contributed by atoms with Gasteiger partial charge in [-0.3, -0.25) is 72.6 Å². The molecule has 5 aromatic rings. The van der Waals surface area contributed by atoms with Crippen molar-refractivity contribution in [2.45, 2.75) is 204 Å². The molecule has 19 N–H and O–H groups in total. The number of hydrogen-bond donors (Lipinski definition) is 17. The highest BCUT2D eigenvalue weighted by molar-refractivity contribution is 6.30. The van der Waals surface area contributed by atoms with E-state index in [0.717, 1.165) is 23.1 Å². The minimum absolute atomic E-state index is 0.0265. The standard InChI is InChI=1S/C82H105ClN18O16/c1-45(2)35-60(72(107)92-59(16-9-10-33-87-46(3)4)80(115)101-34-12-17-68(101)79(114)88-47(5)70(84)105)93-74(109)63(38-51-23-30-58(31-24-51)91-81(85)116)95-76(111)64(39-50-21-28-57(29-22-50)90-71(106)66-42-69(104)100-82(117)99-66)97-78(113)67(44-102)98-77(112)65(41-53-13-11-32-86-43-53)96-75(110)62(37-49-19-26-56(83)27-20-49)94-73(108)61(89-48(6)103)40-52-18-25-54-14-7-8-15-55(54)36-52/h7-8,11,13,18-32,36,43,45-47,59-68,87,102H,9-10,12,14-17,33-35,37-42,44H2,1-6H3,(H2,84,105)(H,88,114)(H,89,103)(H,90,106)(H,92,107)(H,93,109)(H,94,108)(H,95,111)(H,96,110)(H,97,113)(H,98,112)(H3,85,91,116)(H2,99,100,104,117)/t47-,59+,60+,61-,62-,63-,64+,65-,66+,67+,68?/m1/s1. The lowest BCUT2D eigenvalue weighted by molar-refractivity contribution is -0.142. The quantitative estimate of drug-likeness (QED) is 0.0192. The van der Waals surface area contributed by atoms with Gasteiger partial charge in [0.2, 0.25) is 76.8 Å². The molecule has 11 atom stereocenters. The third kappa shape index (κ3) is 28.7. The van der Waals surface area contributed by atoms with Crippen LogP contribution in [0.2, 0.25) is 5.02 Å². The molecular formula is C82H105ClN18O16. The van der Waals surface area contributed by atoms with Crippen molar-refractivity contribution in [3.63, 3.8) is 0 Å². The van der Waals surface area contributed by atoms with E-state index in [2.05, 4.69) is 85.5 Å². The number of hydrogen-bond acceptors (Lipinski definition) is 18. The number of nitrogens with one attached hydrogen (secondary N) is 14. The fourth-order valence-corrected chi connectivity index (χ4v) is 13.7. The van der Waals surface area contributed by atoms with Gasteiger partial charge in [-0.1, -0.05) is 112 Å². The molecule has 1 aliphatic carbocycles. The average Bonchev–Trinajstić information content (AvgIpc) is 1.81. The number of fused-ring (bicyclic) bond motifs is 1. The molecule has 1 aromatic heterocycles. The molecule has 117 heavy (non-hydrogen) atoms. The third-order valence-corrected chi connectivity index (χ3v) is 20.0. The van der Waals surface area contributed by atoms with Crippen LogP contribution < -0.4 is 85.9 Å². The zero-order chi connectivity index (χ0) is 85.0. The van der Waals surface area contributed by atoms with Crippen molar-refractivity contribution in [3.05, 3.63) is 172 Å². The SMILES string of the molecule is CC(=O)N[C@H](Cc1ccc2c(c1)CC=CC2)C(=O)N[C@H](Cc1ccc(Cl)cc1)C(=O)N[C@H](Cc1cccnc1)C(=O)N[C@@H](CO)C(=O)N[C@@H](Cc1ccc(NC(=O)[C@@H]2CC(=O)NC(=O)N2)cc1)C(=O)N[C@H](Cc1ccc(NC(N)=O)cc1)C(=O)N[C@@H](CC(C)C)C(=O)N[C@@H](CCCCNC(C)C)C(=O)N1CCCC1C(=O)N[C@H](C)C(N)=O. The Bertz CT molecular complexity index is 4400. The van der Waals surface area contributed by atoms with Gasteiger partial charge in [-0.25, -0.2) is 9.59 Å². The summed E-state index contributed by atoms with van der Waals surface area (Å²) in [5, 5.41) is 48.6. The summed E-state index contributed by atoms with van der Waals surface area (Å²) in [4.78, 5) is 213. The predicted molar refractivity (Wildman–Crippen MR) is 433 cm³/mol. The fraction of sp³-hybridized carbons (Fsp3) is 0.439. The number of carbonyl (C=O) groups excluding carboxylic acids is 15. The van der Waals surface area contributed by atoms with Gasteiger partial charge in [0, 0.05) is 80.4 Å². The lowest BCUT2D eigenvalue weighted by atomic mass is 9.93. The van der Waals surface area contributed by atoms with Crippen LogP contribution in [-0.4, -0.2) is 196 Å². The molecule has 8 rings (SSSR count). The highest BCUT2D eigenvalue weighted by Crippen LogP contribution is 2.24. The van der Waals surface area contributed by atoms with Crippen LogP contribution in [0.1, 0.15) is 125 Å². The zero-order valence-corrected chi connectivity index (χ0v) is 66.9. The number of carbonyl (C=O) groups is 15. The molecule has 17 amide bonds. The van der Waals surface area contributed by atoms with Gasteiger partial charge in [-0.2, -0.15) is 0 Å². The number of aromatic nitrogens is 1. The molecule has 34 nitrogen and oxygen atoms in total. The number of aliphatic hydroxyl groups is 1. The van der Waals surface area contributed by atoms with Crippen molar-refractivity contribution in [1.29, 1.82) is 0 Å². The van der Waals surface area contributed by atoms with Crippen LogP contribution >= 0.6 is 11.6 Å². The van der Waals surface area contributed by atoms with Crippen LogP contribution in [0, 0.1) is 5.92 Å². The number of pyridine rings is 1. The molecular weight excluding hydrogens is 1530 g/mol. The highest BCUT2D eigenvalue weighted by atomic mass is 35.5. The highest BCUT2D eigenvalue weighted by Gasteiger charge is 2.41. The number of urea groups is 2. The number of benzene rings is 4. The largest absolute Gasteiger partial charge is 0.394 e. The molecule has 2 fully saturated rings. The van der Waals surface area contributed by atoms with Gasteiger partial charge in [-0.15, -0.1) is 0 Å². The molecule has 0 bridgehead atoms. The number of nitrogens with zero attached hydrogens (tertiary/aromatic N) is 2. The lowest BCUT2D eigenvalue weighted by Crippen LogP contribution is -2.62. The van der Waals surface area contributed by atoms with E-state index in [9.17, 15) is 62.6 Å². The first-order valence-electron chi connectivity index (χ1n) is 39.0. The summed E-state index contributed by atoms with van der Waals surface area (Å²) in [7, 11) is 0. The number of allylic oxidation sites excluding steroid dienone is 2. The second kappa shape index (κ2) is 44.1. The average molecular weight is 1630 g/mol.